The summed E-state index contributed by atoms with van der Waals surface area (Å²) in [5, 5.41) is 0. The van der Waals surface area contributed by atoms with Gasteiger partial charge in [0.15, 0.2) is 0 Å². The van der Waals surface area contributed by atoms with Crippen molar-refractivity contribution in [3.63, 3.8) is 0 Å². The number of hydrogen-bond donors (Lipinski definition) is 0. The average Bonchev–Trinajstić information content (AvgIpc) is 2.19. The van der Waals surface area contributed by atoms with E-state index in [2.05, 4.69) is 11.8 Å². The number of halogens is 4. The van der Waals surface area contributed by atoms with Crippen molar-refractivity contribution in [1.82, 2.24) is 0 Å². The van der Waals surface area contributed by atoms with Gasteiger partial charge in [-0.15, -0.1) is 0 Å². The molecule has 0 heterocycles. The molecule has 0 aliphatic rings. The SMILES string of the molecule is O=CCC#Cc1ccc(F)cc1C(F)(F)F. The molecular formula is C11H6F4O. The monoisotopic (exact) mass is 230 g/mol. The van der Waals surface area contributed by atoms with Crippen molar-refractivity contribution in [3.05, 3.63) is 35.1 Å². The number of benzene rings is 1. The Morgan fingerprint density at radius 1 is 1.31 bits per heavy atom. The van der Waals surface area contributed by atoms with E-state index in [4.69, 9.17) is 0 Å². The summed E-state index contributed by atoms with van der Waals surface area (Å²) in [4.78, 5) is 9.95. The van der Waals surface area contributed by atoms with Crippen LogP contribution >= 0.6 is 0 Å². The number of alkyl halides is 3. The number of carbonyl (C=O) groups is 1. The fraction of sp³-hybridized carbons (Fsp3) is 0.182. The van der Waals surface area contributed by atoms with Gasteiger partial charge in [0, 0.05) is 5.56 Å². The quantitative estimate of drug-likeness (QED) is 0.412. The summed E-state index contributed by atoms with van der Waals surface area (Å²) in [6, 6.07) is 2.21. The molecule has 0 aliphatic carbocycles. The Morgan fingerprint density at radius 3 is 2.56 bits per heavy atom. The lowest BCUT2D eigenvalue weighted by molar-refractivity contribution is -0.138. The van der Waals surface area contributed by atoms with Gasteiger partial charge in [-0.05, 0) is 18.2 Å². The molecule has 0 atom stereocenters. The van der Waals surface area contributed by atoms with Gasteiger partial charge < -0.3 is 4.79 Å². The first-order chi connectivity index (χ1) is 7.45. The Labute approximate surface area is 89.1 Å². The van der Waals surface area contributed by atoms with Crippen molar-refractivity contribution in [2.45, 2.75) is 12.6 Å². The standard InChI is InChI=1S/C11H6F4O/c12-9-5-4-8(3-1-2-6-16)10(7-9)11(13,14)15/h4-7H,2H2. The number of hydrogen-bond acceptors (Lipinski definition) is 1. The molecule has 84 valence electrons. The van der Waals surface area contributed by atoms with Crippen LogP contribution in [0.2, 0.25) is 0 Å². The third-order valence-corrected chi connectivity index (χ3v) is 1.70. The highest BCUT2D eigenvalue weighted by Gasteiger charge is 2.33. The summed E-state index contributed by atoms with van der Waals surface area (Å²) in [6.45, 7) is 0. The zero-order valence-corrected chi connectivity index (χ0v) is 7.94. The Bertz CT molecular complexity index is 451. The second-order valence-corrected chi connectivity index (χ2v) is 2.86. The molecular weight excluding hydrogens is 224 g/mol. The van der Waals surface area contributed by atoms with E-state index in [9.17, 15) is 22.4 Å². The number of rotatable bonds is 1. The van der Waals surface area contributed by atoms with Crippen LogP contribution in [0.15, 0.2) is 18.2 Å². The molecule has 0 aliphatic heterocycles. The van der Waals surface area contributed by atoms with Crippen LogP contribution in [0.25, 0.3) is 0 Å². The van der Waals surface area contributed by atoms with Gasteiger partial charge in [-0.3, -0.25) is 0 Å². The topological polar surface area (TPSA) is 17.1 Å². The Morgan fingerprint density at radius 2 is 2.00 bits per heavy atom. The second kappa shape index (κ2) is 4.79. The lowest BCUT2D eigenvalue weighted by Gasteiger charge is -2.08. The van der Waals surface area contributed by atoms with Gasteiger partial charge in [0.1, 0.15) is 12.1 Å². The molecule has 1 rings (SSSR count). The number of carbonyl (C=O) groups excluding carboxylic acids is 1. The first kappa shape index (κ1) is 12.2. The van der Waals surface area contributed by atoms with Gasteiger partial charge in [0.2, 0.25) is 0 Å². The highest BCUT2D eigenvalue weighted by Crippen LogP contribution is 2.32. The summed E-state index contributed by atoms with van der Waals surface area (Å²) < 4.78 is 50.0. The third kappa shape index (κ3) is 3.09. The first-order valence-electron chi connectivity index (χ1n) is 4.24. The molecule has 0 bridgehead atoms. The van der Waals surface area contributed by atoms with Crippen molar-refractivity contribution in [1.29, 1.82) is 0 Å². The van der Waals surface area contributed by atoms with E-state index in [1.54, 1.807) is 0 Å². The fourth-order valence-corrected chi connectivity index (χ4v) is 1.05. The zero-order valence-electron chi connectivity index (χ0n) is 7.94. The van der Waals surface area contributed by atoms with Crippen molar-refractivity contribution in [2.75, 3.05) is 0 Å². The fourth-order valence-electron chi connectivity index (χ4n) is 1.05. The highest BCUT2D eigenvalue weighted by molar-refractivity contribution is 5.55. The minimum Gasteiger partial charge on any atom is -0.302 e. The maximum atomic E-state index is 12.7. The van der Waals surface area contributed by atoms with Crippen LogP contribution in [-0.4, -0.2) is 6.29 Å². The van der Waals surface area contributed by atoms with Crippen LogP contribution in [0.3, 0.4) is 0 Å². The molecule has 0 saturated carbocycles. The molecule has 1 aromatic rings. The minimum atomic E-state index is -4.66. The molecule has 0 amide bonds. The maximum absolute atomic E-state index is 12.7. The van der Waals surface area contributed by atoms with Gasteiger partial charge >= 0.3 is 6.18 Å². The van der Waals surface area contributed by atoms with E-state index in [-0.39, 0.29) is 12.0 Å². The number of aldehydes is 1. The third-order valence-electron chi connectivity index (χ3n) is 1.70. The van der Waals surface area contributed by atoms with E-state index in [0.717, 1.165) is 12.1 Å². The molecule has 0 saturated heterocycles. The molecule has 16 heavy (non-hydrogen) atoms. The Hall–Kier alpha value is -1.83. The van der Waals surface area contributed by atoms with Crippen LogP contribution in [0.1, 0.15) is 17.5 Å². The van der Waals surface area contributed by atoms with Crippen molar-refractivity contribution < 1.29 is 22.4 Å². The molecule has 0 unspecified atom stereocenters. The lowest BCUT2D eigenvalue weighted by Crippen LogP contribution is -2.08. The first-order valence-corrected chi connectivity index (χ1v) is 4.24. The van der Waals surface area contributed by atoms with E-state index < -0.39 is 17.6 Å². The smallest absolute Gasteiger partial charge is 0.302 e. The average molecular weight is 230 g/mol. The zero-order chi connectivity index (χ0) is 12.2. The van der Waals surface area contributed by atoms with Gasteiger partial charge in [0.25, 0.3) is 0 Å². The van der Waals surface area contributed by atoms with Crippen LogP contribution < -0.4 is 0 Å². The van der Waals surface area contributed by atoms with Gasteiger partial charge in [-0.1, -0.05) is 11.8 Å². The summed E-state index contributed by atoms with van der Waals surface area (Å²) in [5.41, 5.74) is -1.47. The molecule has 0 spiro atoms. The predicted molar refractivity (Wildman–Crippen MR) is 49.0 cm³/mol. The summed E-state index contributed by atoms with van der Waals surface area (Å²) >= 11 is 0. The predicted octanol–water partition coefficient (Wildman–Crippen LogP) is 2.79. The van der Waals surface area contributed by atoms with Gasteiger partial charge in [0.05, 0.1) is 12.0 Å². The molecule has 0 aromatic heterocycles. The summed E-state index contributed by atoms with van der Waals surface area (Å²) in [7, 11) is 0. The van der Waals surface area contributed by atoms with Gasteiger partial charge in [-0.25, -0.2) is 4.39 Å². The molecule has 5 heteroatoms. The molecule has 1 aromatic carbocycles. The summed E-state index contributed by atoms with van der Waals surface area (Å²) in [6.07, 6.45) is -4.34. The van der Waals surface area contributed by atoms with E-state index in [0.29, 0.717) is 12.4 Å². The normalized spacial score (nSPS) is 10.5. The van der Waals surface area contributed by atoms with E-state index in [1.165, 1.54) is 0 Å². The van der Waals surface area contributed by atoms with Crippen LogP contribution in [0.4, 0.5) is 17.6 Å². The minimum absolute atomic E-state index is 0.158. The Balaban J connectivity index is 3.20. The van der Waals surface area contributed by atoms with Crippen LogP contribution in [0, 0.1) is 17.7 Å². The van der Waals surface area contributed by atoms with Crippen LogP contribution in [0.5, 0.6) is 0 Å². The second-order valence-electron chi connectivity index (χ2n) is 2.86. The van der Waals surface area contributed by atoms with Crippen LogP contribution in [-0.2, 0) is 11.0 Å². The highest BCUT2D eigenvalue weighted by atomic mass is 19.4. The van der Waals surface area contributed by atoms with Crippen molar-refractivity contribution >= 4 is 6.29 Å². The summed E-state index contributed by atoms with van der Waals surface area (Å²) in [5.74, 6) is 3.44. The molecule has 0 N–H and O–H groups in total. The molecule has 0 radical (unpaired) electrons. The van der Waals surface area contributed by atoms with Gasteiger partial charge in [-0.2, -0.15) is 13.2 Å². The maximum Gasteiger partial charge on any atom is 0.417 e. The molecule has 0 fully saturated rings. The largest absolute Gasteiger partial charge is 0.417 e. The molecule has 1 nitrogen and oxygen atoms in total. The van der Waals surface area contributed by atoms with E-state index in [1.807, 2.05) is 0 Å². The van der Waals surface area contributed by atoms with E-state index >= 15 is 0 Å². The Kier molecular flexibility index (Phi) is 3.67. The van der Waals surface area contributed by atoms with Crippen molar-refractivity contribution in [3.8, 4) is 11.8 Å². The van der Waals surface area contributed by atoms with Crippen molar-refractivity contribution in [2.24, 2.45) is 0 Å². The lowest BCUT2D eigenvalue weighted by atomic mass is 10.1.